The molecule has 0 aliphatic heterocycles. The summed E-state index contributed by atoms with van der Waals surface area (Å²) >= 11 is 6.31. The summed E-state index contributed by atoms with van der Waals surface area (Å²) in [4.78, 5) is 4.51. The lowest BCUT2D eigenvalue weighted by Crippen LogP contribution is -2.56. The summed E-state index contributed by atoms with van der Waals surface area (Å²) in [5, 5.41) is 10.2. The monoisotopic (exact) mass is 282 g/mol. The maximum Gasteiger partial charge on any atom is 0.0702 e. The topological polar surface area (TPSA) is 26.7 Å². The first-order valence-electron chi connectivity index (χ1n) is 6.77. The van der Waals surface area contributed by atoms with Crippen molar-refractivity contribution in [2.75, 3.05) is 32.6 Å². The molecule has 1 aliphatic carbocycles. The smallest absolute Gasteiger partial charge is 0.0702 e. The van der Waals surface area contributed by atoms with Gasteiger partial charge in [-0.25, -0.2) is 0 Å². The Balaban J connectivity index is 2.22. The molecule has 4 heteroatoms. The number of nitrogens with zero attached hydrogens (tertiary/aromatic N) is 2. The minimum atomic E-state index is 0.0230. The minimum Gasteiger partial charge on any atom is -0.392 e. The molecule has 0 amide bonds. The standard InChI is InChI=1S/C15H23ClN2O/c1-17(2)15(8-5-9-15)11-18(3)14-12(10-19)6-4-7-13(14)16/h4,6-7,19H,5,8-11H2,1-3H3. The van der Waals surface area contributed by atoms with E-state index in [1.807, 2.05) is 18.2 Å². The number of hydrogen-bond donors (Lipinski definition) is 1. The molecular formula is C15H23ClN2O. The Morgan fingerprint density at radius 1 is 1.26 bits per heavy atom. The molecule has 1 aromatic rings. The van der Waals surface area contributed by atoms with Crippen molar-refractivity contribution in [2.24, 2.45) is 0 Å². The van der Waals surface area contributed by atoms with Crippen LogP contribution >= 0.6 is 11.6 Å². The van der Waals surface area contributed by atoms with E-state index in [4.69, 9.17) is 11.6 Å². The van der Waals surface area contributed by atoms with Crippen LogP contribution in [0.4, 0.5) is 5.69 Å². The number of aliphatic hydroxyl groups excluding tert-OH is 1. The van der Waals surface area contributed by atoms with E-state index < -0.39 is 0 Å². The maximum atomic E-state index is 9.47. The summed E-state index contributed by atoms with van der Waals surface area (Å²) in [5.74, 6) is 0. The van der Waals surface area contributed by atoms with E-state index in [1.165, 1.54) is 19.3 Å². The highest BCUT2D eigenvalue weighted by Gasteiger charge is 2.40. The number of likely N-dealkylation sites (N-methyl/N-ethyl adjacent to an activating group) is 2. The number of benzene rings is 1. The minimum absolute atomic E-state index is 0.0230. The third-order valence-corrected chi connectivity index (χ3v) is 4.69. The average molecular weight is 283 g/mol. The van der Waals surface area contributed by atoms with Crippen molar-refractivity contribution in [3.8, 4) is 0 Å². The number of aliphatic hydroxyl groups is 1. The predicted molar refractivity (Wildman–Crippen MR) is 80.9 cm³/mol. The van der Waals surface area contributed by atoms with Gasteiger partial charge in [-0.1, -0.05) is 23.7 Å². The Hall–Kier alpha value is -0.770. The van der Waals surface area contributed by atoms with Gasteiger partial charge in [-0.05, 0) is 39.4 Å². The quantitative estimate of drug-likeness (QED) is 0.900. The van der Waals surface area contributed by atoms with Crippen LogP contribution in [0.15, 0.2) is 18.2 Å². The number of anilines is 1. The molecule has 1 fully saturated rings. The van der Waals surface area contributed by atoms with E-state index in [-0.39, 0.29) is 12.1 Å². The van der Waals surface area contributed by atoms with Crippen molar-refractivity contribution < 1.29 is 5.11 Å². The third kappa shape index (κ3) is 2.73. The highest BCUT2D eigenvalue weighted by atomic mass is 35.5. The van der Waals surface area contributed by atoms with Crippen LogP contribution in [0.3, 0.4) is 0 Å². The molecule has 0 radical (unpaired) electrons. The largest absolute Gasteiger partial charge is 0.392 e. The summed E-state index contributed by atoms with van der Waals surface area (Å²) in [7, 11) is 6.35. The first-order valence-corrected chi connectivity index (χ1v) is 7.15. The maximum absolute atomic E-state index is 9.47. The summed E-state index contributed by atoms with van der Waals surface area (Å²) in [6.45, 7) is 0.964. The second-order valence-corrected chi connectivity index (χ2v) is 6.14. The summed E-state index contributed by atoms with van der Waals surface area (Å²) in [6.07, 6.45) is 3.74. The van der Waals surface area contributed by atoms with E-state index in [2.05, 4.69) is 30.9 Å². The van der Waals surface area contributed by atoms with Crippen molar-refractivity contribution >= 4 is 17.3 Å². The van der Waals surface area contributed by atoms with Crippen LogP contribution in [0, 0.1) is 0 Å². The van der Waals surface area contributed by atoms with Crippen LogP contribution in [0.25, 0.3) is 0 Å². The number of rotatable bonds is 5. The Morgan fingerprint density at radius 3 is 2.42 bits per heavy atom. The van der Waals surface area contributed by atoms with Crippen molar-refractivity contribution in [1.82, 2.24) is 4.90 Å². The molecular weight excluding hydrogens is 260 g/mol. The zero-order valence-electron chi connectivity index (χ0n) is 12.0. The van der Waals surface area contributed by atoms with Crippen LogP contribution in [0.5, 0.6) is 0 Å². The molecule has 1 N–H and O–H groups in total. The van der Waals surface area contributed by atoms with Gasteiger partial charge in [0.2, 0.25) is 0 Å². The van der Waals surface area contributed by atoms with Crippen molar-refractivity contribution in [2.45, 2.75) is 31.4 Å². The van der Waals surface area contributed by atoms with Gasteiger partial charge < -0.3 is 14.9 Å². The van der Waals surface area contributed by atoms with Gasteiger partial charge in [0.25, 0.3) is 0 Å². The lowest BCUT2D eigenvalue weighted by Gasteiger charge is -2.49. The molecule has 0 aromatic heterocycles. The summed E-state index contributed by atoms with van der Waals surface area (Å²) < 4.78 is 0. The van der Waals surface area contributed by atoms with Crippen LogP contribution in [-0.4, -0.2) is 43.2 Å². The van der Waals surface area contributed by atoms with Gasteiger partial charge in [0.05, 0.1) is 17.3 Å². The molecule has 0 heterocycles. The second kappa shape index (κ2) is 5.70. The van der Waals surface area contributed by atoms with E-state index in [9.17, 15) is 5.11 Å². The van der Waals surface area contributed by atoms with Gasteiger partial charge in [-0.15, -0.1) is 0 Å². The number of para-hydroxylation sites is 1. The van der Waals surface area contributed by atoms with E-state index in [0.717, 1.165) is 17.8 Å². The average Bonchev–Trinajstić information content (AvgIpc) is 2.32. The zero-order chi connectivity index (χ0) is 14.0. The molecule has 106 valence electrons. The molecule has 0 atom stereocenters. The third-order valence-electron chi connectivity index (χ3n) is 4.39. The molecule has 1 aliphatic rings. The van der Waals surface area contributed by atoms with Crippen molar-refractivity contribution in [3.63, 3.8) is 0 Å². The normalized spacial score (nSPS) is 17.4. The highest BCUT2D eigenvalue weighted by Crippen LogP contribution is 2.39. The van der Waals surface area contributed by atoms with Crippen LogP contribution in [-0.2, 0) is 6.61 Å². The molecule has 3 nitrogen and oxygen atoms in total. The van der Waals surface area contributed by atoms with Crippen molar-refractivity contribution in [3.05, 3.63) is 28.8 Å². The Labute approximate surface area is 120 Å². The molecule has 0 bridgehead atoms. The predicted octanol–water partition coefficient (Wildman–Crippen LogP) is 2.75. The lowest BCUT2D eigenvalue weighted by atomic mass is 9.75. The molecule has 1 saturated carbocycles. The highest BCUT2D eigenvalue weighted by molar-refractivity contribution is 6.33. The van der Waals surface area contributed by atoms with Crippen LogP contribution in [0.1, 0.15) is 24.8 Å². The first kappa shape index (κ1) is 14.6. The van der Waals surface area contributed by atoms with Gasteiger partial charge in [-0.2, -0.15) is 0 Å². The van der Waals surface area contributed by atoms with Crippen molar-refractivity contribution in [1.29, 1.82) is 0 Å². The van der Waals surface area contributed by atoms with Gasteiger partial charge in [0, 0.05) is 24.7 Å². The van der Waals surface area contributed by atoms with E-state index in [0.29, 0.717) is 5.02 Å². The van der Waals surface area contributed by atoms with Gasteiger partial charge in [0.15, 0.2) is 0 Å². The Kier molecular flexibility index (Phi) is 4.39. The molecule has 0 spiro atoms. The summed E-state index contributed by atoms with van der Waals surface area (Å²) in [5.41, 5.74) is 2.10. The molecule has 19 heavy (non-hydrogen) atoms. The molecule has 1 aromatic carbocycles. The van der Waals surface area contributed by atoms with Crippen LogP contribution < -0.4 is 4.90 Å². The molecule has 0 saturated heterocycles. The fraction of sp³-hybridized carbons (Fsp3) is 0.600. The molecule has 0 unspecified atom stereocenters. The molecule has 2 rings (SSSR count). The Morgan fingerprint density at radius 2 is 1.95 bits per heavy atom. The van der Waals surface area contributed by atoms with Gasteiger partial charge in [0.1, 0.15) is 0 Å². The van der Waals surface area contributed by atoms with Gasteiger partial charge in [-0.3, -0.25) is 0 Å². The SMILES string of the molecule is CN(CC1(N(C)C)CCC1)c1c(Cl)cccc1CO. The van der Waals surface area contributed by atoms with Crippen LogP contribution in [0.2, 0.25) is 5.02 Å². The van der Waals surface area contributed by atoms with Gasteiger partial charge >= 0.3 is 0 Å². The fourth-order valence-corrected chi connectivity index (χ4v) is 3.31. The lowest BCUT2D eigenvalue weighted by molar-refractivity contribution is 0.0682. The number of halogens is 1. The number of hydrogen-bond acceptors (Lipinski definition) is 3. The Bertz CT molecular complexity index is 444. The zero-order valence-corrected chi connectivity index (χ0v) is 12.7. The fourth-order valence-electron chi connectivity index (χ4n) is 2.97. The first-order chi connectivity index (χ1) is 9.00. The van der Waals surface area contributed by atoms with E-state index >= 15 is 0 Å². The van der Waals surface area contributed by atoms with E-state index in [1.54, 1.807) is 0 Å². The summed E-state index contributed by atoms with van der Waals surface area (Å²) in [6, 6.07) is 5.70. The second-order valence-electron chi connectivity index (χ2n) is 5.73.